The molecule has 0 N–H and O–H groups in total. The number of hydrogen-bond donors (Lipinski definition) is 0. The van der Waals surface area contributed by atoms with Gasteiger partial charge in [0.2, 0.25) is 5.88 Å². The number of carbonyl (C=O) groups excluding carboxylic acids is 1. The number of carbonyl (C=O) groups is 1. The molecule has 26 heavy (non-hydrogen) atoms. The quantitative estimate of drug-likeness (QED) is 0.829. The first-order chi connectivity index (χ1) is 12.7. The lowest BCUT2D eigenvalue weighted by atomic mass is 10.1. The summed E-state index contributed by atoms with van der Waals surface area (Å²) in [6.45, 7) is 4.31. The van der Waals surface area contributed by atoms with Gasteiger partial charge in [-0.3, -0.25) is 9.69 Å². The molecule has 0 unspecified atom stereocenters. The minimum atomic E-state index is -0.0418. The lowest BCUT2D eigenvalue weighted by molar-refractivity contribution is 0.0388. The van der Waals surface area contributed by atoms with Gasteiger partial charge in [-0.2, -0.15) is 0 Å². The molecule has 0 saturated carbocycles. The van der Waals surface area contributed by atoms with Crippen molar-refractivity contribution in [1.29, 1.82) is 0 Å². The Morgan fingerprint density at radius 3 is 2.92 bits per heavy atom. The van der Waals surface area contributed by atoms with Gasteiger partial charge >= 0.3 is 0 Å². The Morgan fingerprint density at radius 1 is 1.27 bits per heavy atom. The zero-order valence-corrected chi connectivity index (χ0v) is 14.8. The number of pyridine rings is 1. The second-order valence-electron chi connectivity index (χ2n) is 6.88. The van der Waals surface area contributed by atoms with E-state index in [2.05, 4.69) is 9.88 Å². The minimum absolute atomic E-state index is 0.0418. The molecule has 2 atom stereocenters. The highest BCUT2D eigenvalue weighted by molar-refractivity contribution is 5.91. The molecular weight excluding hydrogens is 334 g/mol. The molecule has 0 radical (unpaired) electrons. The van der Waals surface area contributed by atoms with E-state index in [1.54, 1.807) is 19.2 Å². The van der Waals surface area contributed by atoms with Crippen molar-refractivity contribution in [3.05, 3.63) is 48.0 Å². The van der Waals surface area contributed by atoms with E-state index in [0.717, 1.165) is 18.7 Å². The summed E-state index contributed by atoms with van der Waals surface area (Å²) >= 11 is 0. The molecule has 138 valence electrons. The molecule has 4 heterocycles. The Bertz CT molecular complexity index is 732. The number of methoxy groups -OCH3 is 1. The lowest BCUT2D eigenvalue weighted by Gasteiger charge is -2.31. The molecule has 2 aromatic heterocycles. The summed E-state index contributed by atoms with van der Waals surface area (Å²) in [5.41, 5.74) is 1.13. The van der Waals surface area contributed by atoms with Gasteiger partial charge in [0.05, 0.1) is 32.6 Å². The maximum absolute atomic E-state index is 12.7. The SMILES string of the molecule is COc1ccc(CN2C[C@H]3COC[C@@H]2CN(C(=O)c2ccco2)C3)cn1. The summed E-state index contributed by atoms with van der Waals surface area (Å²) < 4.78 is 16.3. The van der Waals surface area contributed by atoms with E-state index >= 15 is 0 Å². The van der Waals surface area contributed by atoms with Crippen LogP contribution in [-0.2, 0) is 11.3 Å². The van der Waals surface area contributed by atoms with Crippen LogP contribution in [-0.4, -0.2) is 66.7 Å². The molecule has 0 aliphatic carbocycles. The highest BCUT2D eigenvalue weighted by Gasteiger charge is 2.35. The van der Waals surface area contributed by atoms with Crippen molar-refractivity contribution in [2.75, 3.05) is 40.0 Å². The van der Waals surface area contributed by atoms with Gasteiger partial charge in [0, 0.05) is 44.4 Å². The molecule has 2 fully saturated rings. The number of amides is 1. The van der Waals surface area contributed by atoms with Gasteiger partial charge in [-0.15, -0.1) is 0 Å². The number of nitrogens with zero attached hydrogens (tertiary/aromatic N) is 3. The molecule has 0 spiro atoms. The molecule has 2 bridgehead atoms. The average Bonchev–Trinajstić information content (AvgIpc) is 3.05. The van der Waals surface area contributed by atoms with Crippen LogP contribution in [0.2, 0.25) is 0 Å². The van der Waals surface area contributed by atoms with Gasteiger partial charge in [-0.05, 0) is 17.7 Å². The van der Waals surface area contributed by atoms with Crippen LogP contribution >= 0.6 is 0 Å². The van der Waals surface area contributed by atoms with E-state index in [4.69, 9.17) is 13.9 Å². The molecule has 1 amide bonds. The van der Waals surface area contributed by atoms with Gasteiger partial charge in [-0.1, -0.05) is 6.07 Å². The summed E-state index contributed by atoms with van der Waals surface area (Å²) in [6.07, 6.45) is 3.39. The van der Waals surface area contributed by atoms with E-state index in [-0.39, 0.29) is 17.9 Å². The number of fused-ring (bicyclic) bond motifs is 3. The summed E-state index contributed by atoms with van der Waals surface area (Å²) in [4.78, 5) is 21.3. The lowest BCUT2D eigenvalue weighted by Crippen LogP contribution is -2.45. The van der Waals surface area contributed by atoms with Crippen molar-refractivity contribution in [2.45, 2.75) is 12.6 Å². The maximum Gasteiger partial charge on any atom is 0.289 e. The Morgan fingerprint density at radius 2 is 2.19 bits per heavy atom. The molecule has 2 aliphatic rings. The fourth-order valence-electron chi connectivity index (χ4n) is 3.70. The van der Waals surface area contributed by atoms with Gasteiger partial charge in [-0.25, -0.2) is 4.98 Å². The fourth-order valence-corrected chi connectivity index (χ4v) is 3.70. The van der Waals surface area contributed by atoms with Crippen LogP contribution in [0.25, 0.3) is 0 Å². The van der Waals surface area contributed by atoms with Crippen LogP contribution in [0.4, 0.5) is 0 Å². The molecular formula is C19H23N3O4. The molecule has 2 saturated heterocycles. The number of ether oxygens (including phenoxy) is 2. The second-order valence-corrected chi connectivity index (χ2v) is 6.88. The Hall–Kier alpha value is -2.38. The summed E-state index contributed by atoms with van der Waals surface area (Å²) in [6, 6.07) is 7.54. The van der Waals surface area contributed by atoms with Gasteiger partial charge < -0.3 is 18.8 Å². The Kier molecular flexibility index (Phi) is 4.90. The van der Waals surface area contributed by atoms with E-state index in [1.165, 1.54) is 6.26 Å². The van der Waals surface area contributed by atoms with Crippen LogP contribution in [0.15, 0.2) is 41.1 Å². The molecule has 4 rings (SSSR count). The number of hydrogen-bond acceptors (Lipinski definition) is 6. The largest absolute Gasteiger partial charge is 0.481 e. The van der Waals surface area contributed by atoms with Gasteiger partial charge in [0.25, 0.3) is 5.91 Å². The standard InChI is InChI=1S/C19H23N3O4/c1-24-18-5-4-14(7-20-18)8-21-9-15-10-22(11-16(21)13-25-12-15)19(23)17-3-2-6-26-17/h2-7,15-16H,8-13H2,1H3/t15-,16+/m1/s1. The van der Waals surface area contributed by atoms with Crippen LogP contribution in [0.3, 0.4) is 0 Å². The predicted molar refractivity (Wildman–Crippen MR) is 93.9 cm³/mol. The van der Waals surface area contributed by atoms with Gasteiger partial charge in [0.1, 0.15) is 0 Å². The van der Waals surface area contributed by atoms with Crippen molar-refractivity contribution >= 4 is 5.91 Å². The molecule has 7 nitrogen and oxygen atoms in total. The number of rotatable bonds is 4. The average molecular weight is 357 g/mol. The van der Waals surface area contributed by atoms with Crippen LogP contribution in [0, 0.1) is 5.92 Å². The van der Waals surface area contributed by atoms with E-state index in [9.17, 15) is 4.79 Å². The van der Waals surface area contributed by atoms with Crippen LogP contribution < -0.4 is 4.74 Å². The van der Waals surface area contributed by atoms with Crippen molar-refractivity contribution < 1.29 is 18.7 Å². The molecule has 7 heteroatoms. The smallest absolute Gasteiger partial charge is 0.289 e. The fraction of sp³-hybridized carbons (Fsp3) is 0.474. The zero-order chi connectivity index (χ0) is 17.9. The number of aromatic nitrogens is 1. The van der Waals surface area contributed by atoms with E-state index in [0.29, 0.717) is 37.9 Å². The first kappa shape index (κ1) is 17.1. The third-order valence-corrected chi connectivity index (χ3v) is 4.99. The first-order valence-electron chi connectivity index (χ1n) is 8.86. The predicted octanol–water partition coefficient (Wildman–Crippen LogP) is 1.66. The minimum Gasteiger partial charge on any atom is -0.481 e. The van der Waals surface area contributed by atoms with Crippen molar-refractivity contribution in [3.63, 3.8) is 0 Å². The van der Waals surface area contributed by atoms with Crippen molar-refractivity contribution in [1.82, 2.24) is 14.8 Å². The molecule has 2 aliphatic heterocycles. The van der Waals surface area contributed by atoms with E-state index in [1.807, 2.05) is 23.2 Å². The van der Waals surface area contributed by atoms with Crippen molar-refractivity contribution in [2.24, 2.45) is 5.92 Å². The maximum atomic E-state index is 12.7. The summed E-state index contributed by atoms with van der Waals surface area (Å²) in [5.74, 6) is 1.26. The Labute approximate surface area is 152 Å². The highest BCUT2D eigenvalue weighted by atomic mass is 16.5. The molecule has 0 aromatic carbocycles. The monoisotopic (exact) mass is 357 g/mol. The third kappa shape index (κ3) is 3.59. The Balaban J connectivity index is 1.50. The van der Waals surface area contributed by atoms with Crippen LogP contribution in [0.1, 0.15) is 16.1 Å². The molecule has 2 aromatic rings. The first-order valence-corrected chi connectivity index (χ1v) is 8.86. The normalized spacial score (nSPS) is 23.5. The topological polar surface area (TPSA) is 68.0 Å². The summed E-state index contributed by atoms with van der Waals surface area (Å²) in [5, 5.41) is 0. The van der Waals surface area contributed by atoms with Gasteiger partial charge in [0.15, 0.2) is 5.76 Å². The second kappa shape index (κ2) is 7.47. The highest BCUT2D eigenvalue weighted by Crippen LogP contribution is 2.23. The zero-order valence-electron chi connectivity index (χ0n) is 14.8. The van der Waals surface area contributed by atoms with Crippen LogP contribution in [0.5, 0.6) is 5.88 Å². The third-order valence-electron chi connectivity index (χ3n) is 4.99. The number of furan rings is 1. The van der Waals surface area contributed by atoms with E-state index < -0.39 is 0 Å². The summed E-state index contributed by atoms with van der Waals surface area (Å²) in [7, 11) is 1.61. The van der Waals surface area contributed by atoms with Crippen molar-refractivity contribution in [3.8, 4) is 5.88 Å².